The number of benzene rings is 1. The molecule has 5 rings (SSSR count). The molecule has 0 spiro atoms. The number of nitrogens with zero attached hydrogens (tertiary/aromatic N) is 1. The van der Waals surface area contributed by atoms with Gasteiger partial charge >= 0.3 is 0 Å². The third-order valence-electron chi connectivity index (χ3n) is 5.67. The van der Waals surface area contributed by atoms with Gasteiger partial charge in [-0.3, -0.25) is 4.79 Å². The molecule has 0 radical (unpaired) electrons. The summed E-state index contributed by atoms with van der Waals surface area (Å²) in [5.41, 5.74) is 2.64. The van der Waals surface area contributed by atoms with Crippen LogP contribution in [0.1, 0.15) is 42.7 Å². The second kappa shape index (κ2) is 5.45. The van der Waals surface area contributed by atoms with Gasteiger partial charge in [0.2, 0.25) is 5.91 Å². The number of rotatable bonds is 2. The zero-order valence-corrected chi connectivity index (χ0v) is 12.6. The van der Waals surface area contributed by atoms with Gasteiger partial charge in [-0.25, -0.2) is 0 Å². The maximum atomic E-state index is 12.8. The third kappa shape index (κ3) is 2.48. The average Bonchev–Trinajstić information content (AvgIpc) is 2.55. The first-order valence-corrected chi connectivity index (χ1v) is 8.42. The van der Waals surface area contributed by atoms with E-state index in [0.29, 0.717) is 12.0 Å². The van der Waals surface area contributed by atoms with Crippen LogP contribution in [0.15, 0.2) is 24.3 Å². The highest BCUT2D eigenvalue weighted by atomic mass is 16.2. The maximum Gasteiger partial charge on any atom is 0.227 e. The maximum absolute atomic E-state index is 12.8. The van der Waals surface area contributed by atoms with Crippen LogP contribution in [0.25, 0.3) is 0 Å². The van der Waals surface area contributed by atoms with E-state index in [4.69, 9.17) is 0 Å². The molecule has 2 atom stereocenters. The number of piperidine rings is 3. The molecule has 1 aromatic rings. The van der Waals surface area contributed by atoms with Crippen LogP contribution in [0.3, 0.4) is 0 Å². The highest BCUT2D eigenvalue weighted by molar-refractivity contribution is 5.84. The van der Waals surface area contributed by atoms with Gasteiger partial charge < -0.3 is 10.2 Å². The first-order chi connectivity index (χ1) is 10.3. The van der Waals surface area contributed by atoms with Crippen LogP contribution in [0.2, 0.25) is 0 Å². The summed E-state index contributed by atoms with van der Waals surface area (Å²) in [6, 6.07) is 8.87. The minimum atomic E-state index is 0.0744. The molecule has 3 heterocycles. The van der Waals surface area contributed by atoms with Crippen molar-refractivity contribution < 1.29 is 4.79 Å². The number of nitrogens with one attached hydrogen (secondary N) is 1. The monoisotopic (exact) mass is 284 g/mol. The summed E-state index contributed by atoms with van der Waals surface area (Å²) in [4.78, 5) is 15.3. The molecule has 1 aliphatic carbocycles. The van der Waals surface area contributed by atoms with Crippen molar-refractivity contribution in [3.05, 3.63) is 35.4 Å². The molecule has 1 N–H and O–H groups in total. The van der Waals surface area contributed by atoms with Gasteiger partial charge in [-0.2, -0.15) is 0 Å². The first kappa shape index (κ1) is 13.3. The van der Waals surface area contributed by atoms with E-state index in [9.17, 15) is 4.79 Å². The molecular weight excluding hydrogens is 260 g/mol. The molecule has 1 amide bonds. The van der Waals surface area contributed by atoms with Crippen molar-refractivity contribution in [1.82, 2.24) is 10.2 Å². The predicted molar refractivity (Wildman–Crippen MR) is 83.2 cm³/mol. The number of aryl methyl sites for hydroxylation is 1. The summed E-state index contributed by atoms with van der Waals surface area (Å²) >= 11 is 0. The van der Waals surface area contributed by atoms with Crippen molar-refractivity contribution in [2.75, 3.05) is 19.6 Å². The van der Waals surface area contributed by atoms with Crippen LogP contribution >= 0.6 is 0 Å². The van der Waals surface area contributed by atoms with Crippen molar-refractivity contribution in [3.8, 4) is 0 Å². The standard InChI is InChI=1S/C18H24N2O/c21-18(19-17-12-20-10-8-14(17)9-11-20)16-7-3-5-13-4-1-2-6-15(13)16/h1-2,4,6,14,16-17H,3,5,7-12H2,(H,19,21)/t16-,17-/m0/s1. The fraction of sp³-hybridized carbons (Fsp3) is 0.611. The Morgan fingerprint density at radius 2 is 1.95 bits per heavy atom. The summed E-state index contributed by atoms with van der Waals surface area (Å²) in [5.74, 6) is 1.05. The van der Waals surface area contributed by atoms with E-state index < -0.39 is 0 Å². The van der Waals surface area contributed by atoms with Crippen LogP contribution in [0.4, 0.5) is 0 Å². The zero-order valence-electron chi connectivity index (χ0n) is 12.6. The Labute approximate surface area is 126 Å². The van der Waals surface area contributed by atoms with Gasteiger partial charge in [0.1, 0.15) is 0 Å². The SMILES string of the molecule is O=C(N[C@H]1CN2CCC1CC2)[C@H]1CCCc2ccccc21. The number of carbonyl (C=O) groups excluding carboxylic acids is 1. The van der Waals surface area contributed by atoms with E-state index in [1.54, 1.807) is 0 Å². The molecule has 2 bridgehead atoms. The van der Waals surface area contributed by atoms with Crippen molar-refractivity contribution in [2.24, 2.45) is 5.92 Å². The van der Waals surface area contributed by atoms with E-state index in [0.717, 1.165) is 25.8 Å². The van der Waals surface area contributed by atoms with Gasteiger partial charge in [-0.05, 0) is 62.2 Å². The van der Waals surface area contributed by atoms with Crippen molar-refractivity contribution >= 4 is 5.91 Å². The topological polar surface area (TPSA) is 32.3 Å². The molecule has 1 aromatic carbocycles. The average molecular weight is 284 g/mol. The Balaban J connectivity index is 1.49. The van der Waals surface area contributed by atoms with E-state index in [2.05, 4.69) is 34.5 Å². The minimum Gasteiger partial charge on any atom is -0.351 e. The summed E-state index contributed by atoms with van der Waals surface area (Å²) in [7, 11) is 0. The molecule has 3 saturated heterocycles. The highest BCUT2D eigenvalue weighted by Gasteiger charge is 2.36. The van der Waals surface area contributed by atoms with Gasteiger partial charge in [0, 0.05) is 12.6 Å². The van der Waals surface area contributed by atoms with Crippen molar-refractivity contribution in [3.63, 3.8) is 0 Å². The van der Waals surface area contributed by atoms with E-state index >= 15 is 0 Å². The Morgan fingerprint density at radius 3 is 2.71 bits per heavy atom. The van der Waals surface area contributed by atoms with E-state index in [1.165, 1.54) is 37.1 Å². The molecular formula is C18H24N2O. The Hall–Kier alpha value is -1.35. The predicted octanol–water partition coefficient (Wildman–Crippen LogP) is 2.32. The fourth-order valence-electron chi connectivity index (χ4n) is 4.44. The number of fused-ring (bicyclic) bond motifs is 4. The molecule has 112 valence electrons. The normalized spacial score (nSPS) is 34.3. The number of hydrogen-bond acceptors (Lipinski definition) is 2. The summed E-state index contributed by atoms with van der Waals surface area (Å²) < 4.78 is 0. The molecule has 0 aromatic heterocycles. The number of carbonyl (C=O) groups is 1. The van der Waals surface area contributed by atoms with Crippen LogP contribution in [0.5, 0.6) is 0 Å². The van der Waals surface area contributed by atoms with Crippen molar-refractivity contribution in [1.29, 1.82) is 0 Å². The molecule has 0 saturated carbocycles. The second-order valence-electron chi connectivity index (χ2n) is 6.90. The number of amides is 1. The van der Waals surface area contributed by atoms with Gasteiger partial charge in [0.05, 0.1) is 5.92 Å². The highest BCUT2D eigenvalue weighted by Crippen LogP contribution is 2.33. The van der Waals surface area contributed by atoms with Crippen LogP contribution in [0, 0.1) is 5.92 Å². The Kier molecular flexibility index (Phi) is 3.46. The first-order valence-electron chi connectivity index (χ1n) is 8.42. The van der Waals surface area contributed by atoms with E-state index in [1.807, 2.05) is 0 Å². The zero-order chi connectivity index (χ0) is 14.2. The molecule has 3 nitrogen and oxygen atoms in total. The third-order valence-corrected chi connectivity index (χ3v) is 5.67. The summed E-state index contributed by atoms with van der Waals surface area (Å²) in [6.45, 7) is 3.51. The molecule has 4 aliphatic rings. The van der Waals surface area contributed by atoms with Gasteiger partial charge in [0.25, 0.3) is 0 Å². The second-order valence-corrected chi connectivity index (χ2v) is 6.90. The van der Waals surface area contributed by atoms with Gasteiger partial charge in [0.15, 0.2) is 0 Å². The largest absolute Gasteiger partial charge is 0.351 e. The quantitative estimate of drug-likeness (QED) is 0.904. The molecule has 21 heavy (non-hydrogen) atoms. The Bertz CT molecular complexity index is 534. The molecule has 3 aliphatic heterocycles. The van der Waals surface area contributed by atoms with Crippen LogP contribution in [-0.2, 0) is 11.2 Å². The Morgan fingerprint density at radius 1 is 1.14 bits per heavy atom. The lowest BCUT2D eigenvalue weighted by Crippen LogP contribution is -2.57. The van der Waals surface area contributed by atoms with Crippen LogP contribution < -0.4 is 5.32 Å². The van der Waals surface area contributed by atoms with Gasteiger partial charge in [-0.1, -0.05) is 24.3 Å². The fourth-order valence-corrected chi connectivity index (χ4v) is 4.44. The van der Waals surface area contributed by atoms with Crippen LogP contribution in [-0.4, -0.2) is 36.5 Å². The van der Waals surface area contributed by atoms with Crippen molar-refractivity contribution in [2.45, 2.75) is 44.1 Å². The smallest absolute Gasteiger partial charge is 0.227 e. The molecule has 3 heteroatoms. The minimum absolute atomic E-state index is 0.0744. The molecule has 0 unspecified atom stereocenters. The lowest BCUT2D eigenvalue weighted by molar-refractivity contribution is -0.125. The lowest BCUT2D eigenvalue weighted by Gasteiger charge is -2.45. The summed E-state index contributed by atoms with van der Waals surface area (Å²) in [5, 5.41) is 3.38. The summed E-state index contributed by atoms with van der Waals surface area (Å²) in [6.07, 6.45) is 5.78. The molecule has 3 fully saturated rings. The van der Waals surface area contributed by atoms with Gasteiger partial charge in [-0.15, -0.1) is 0 Å². The lowest BCUT2D eigenvalue weighted by atomic mass is 9.80. The number of hydrogen-bond donors (Lipinski definition) is 1. The van der Waals surface area contributed by atoms with E-state index in [-0.39, 0.29) is 11.8 Å².